The van der Waals surface area contributed by atoms with E-state index in [1.807, 2.05) is 66.2 Å². The van der Waals surface area contributed by atoms with Crippen molar-refractivity contribution in [2.45, 2.75) is 19.3 Å². The summed E-state index contributed by atoms with van der Waals surface area (Å²) in [7, 11) is 0. The maximum Gasteiger partial charge on any atom is 0.311 e. The van der Waals surface area contributed by atoms with Crippen molar-refractivity contribution < 1.29 is 9.90 Å². The van der Waals surface area contributed by atoms with E-state index in [1.165, 1.54) is 0 Å². The molecule has 106 valence electrons. The molecule has 0 aliphatic carbocycles. The number of aromatic nitrogens is 2. The highest BCUT2D eigenvalue weighted by molar-refractivity contribution is 5.77. The molecule has 0 radical (unpaired) electrons. The van der Waals surface area contributed by atoms with Gasteiger partial charge in [0.2, 0.25) is 0 Å². The van der Waals surface area contributed by atoms with Gasteiger partial charge in [0.05, 0.1) is 11.6 Å². The number of carboxylic acids is 1. The molecular weight excluding hydrogens is 264 g/mol. The van der Waals surface area contributed by atoms with Gasteiger partial charge in [-0.1, -0.05) is 30.3 Å². The van der Waals surface area contributed by atoms with Crippen LogP contribution in [0.3, 0.4) is 0 Å². The Morgan fingerprint density at radius 3 is 2.71 bits per heavy atom. The minimum absolute atomic E-state index is 0.391. The Morgan fingerprint density at radius 2 is 2.00 bits per heavy atom. The molecule has 1 aromatic carbocycles. The molecule has 0 fully saturated rings. The molecule has 2 heterocycles. The van der Waals surface area contributed by atoms with E-state index in [-0.39, 0.29) is 0 Å². The summed E-state index contributed by atoms with van der Waals surface area (Å²) in [5.74, 6) is -1.39. The molecule has 0 amide bonds. The molecule has 0 saturated carbocycles. The molecule has 0 aliphatic rings. The van der Waals surface area contributed by atoms with Crippen LogP contribution in [-0.2, 0) is 11.2 Å². The number of pyridine rings is 1. The van der Waals surface area contributed by atoms with Crippen LogP contribution >= 0.6 is 0 Å². The number of carboxylic acid groups (broad SMARTS) is 1. The van der Waals surface area contributed by atoms with Crippen molar-refractivity contribution in [2.24, 2.45) is 0 Å². The van der Waals surface area contributed by atoms with Crippen LogP contribution in [0.15, 0.2) is 54.9 Å². The molecule has 3 rings (SSSR count). The normalized spacial score (nSPS) is 12.4. The molecule has 0 saturated heterocycles. The summed E-state index contributed by atoms with van der Waals surface area (Å²) >= 11 is 0. The van der Waals surface area contributed by atoms with Crippen molar-refractivity contribution in [2.75, 3.05) is 0 Å². The van der Waals surface area contributed by atoms with Crippen LogP contribution < -0.4 is 0 Å². The van der Waals surface area contributed by atoms with E-state index in [4.69, 9.17) is 0 Å². The summed E-state index contributed by atoms with van der Waals surface area (Å²) in [6.45, 7) is 1.94. The van der Waals surface area contributed by atoms with Crippen LogP contribution in [0.1, 0.15) is 22.7 Å². The zero-order valence-corrected chi connectivity index (χ0v) is 11.7. The van der Waals surface area contributed by atoms with Gasteiger partial charge < -0.3 is 9.51 Å². The third kappa shape index (κ3) is 2.65. The molecule has 0 spiro atoms. The number of hydrogen-bond acceptors (Lipinski definition) is 2. The third-order valence-corrected chi connectivity index (χ3v) is 3.69. The number of carbonyl (C=O) groups is 1. The highest BCUT2D eigenvalue weighted by Gasteiger charge is 2.23. The topological polar surface area (TPSA) is 54.6 Å². The number of imidazole rings is 1. The fourth-order valence-corrected chi connectivity index (χ4v) is 2.60. The molecule has 4 heteroatoms. The standard InChI is InChI=1S/C17H16N2O2/c1-12-6-2-3-7-14(12)15(17(20)21)10-13-11-19-9-5-4-8-16(19)18-13/h2-9,11,15H,10H2,1H3,(H,20,21). The van der Waals surface area contributed by atoms with Gasteiger partial charge in [-0.25, -0.2) is 4.98 Å². The van der Waals surface area contributed by atoms with Crippen molar-refractivity contribution in [1.29, 1.82) is 0 Å². The lowest BCUT2D eigenvalue weighted by atomic mass is 9.91. The van der Waals surface area contributed by atoms with E-state index in [0.717, 1.165) is 22.5 Å². The van der Waals surface area contributed by atoms with Crippen molar-refractivity contribution >= 4 is 11.6 Å². The van der Waals surface area contributed by atoms with Crippen molar-refractivity contribution in [3.05, 3.63) is 71.7 Å². The van der Waals surface area contributed by atoms with E-state index in [0.29, 0.717) is 6.42 Å². The zero-order valence-electron chi connectivity index (χ0n) is 11.7. The second-order valence-electron chi connectivity index (χ2n) is 5.15. The summed E-state index contributed by atoms with van der Waals surface area (Å²) in [5.41, 5.74) is 3.47. The Bertz CT molecular complexity index is 759. The van der Waals surface area contributed by atoms with Gasteiger partial charge >= 0.3 is 5.97 Å². The van der Waals surface area contributed by atoms with Crippen LogP contribution in [0.4, 0.5) is 0 Å². The Labute approximate surface area is 122 Å². The molecule has 1 atom stereocenters. The lowest BCUT2D eigenvalue weighted by molar-refractivity contribution is -0.138. The van der Waals surface area contributed by atoms with Crippen molar-refractivity contribution in [3.63, 3.8) is 0 Å². The summed E-state index contributed by atoms with van der Waals surface area (Å²) < 4.78 is 1.91. The predicted molar refractivity (Wildman–Crippen MR) is 80.5 cm³/mol. The molecule has 0 aliphatic heterocycles. The van der Waals surface area contributed by atoms with Crippen LogP contribution in [0.2, 0.25) is 0 Å². The minimum atomic E-state index is -0.818. The number of rotatable bonds is 4. The van der Waals surface area contributed by atoms with E-state index in [9.17, 15) is 9.90 Å². The minimum Gasteiger partial charge on any atom is -0.481 e. The lowest BCUT2D eigenvalue weighted by Crippen LogP contribution is -2.15. The molecule has 21 heavy (non-hydrogen) atoms. The van der Waals surface area contributed by atoms with E-state index in [1.54, 1.807) is 0 Å². The Morgan fingerprint density at radius 1 is 1.24 bits per heavy atom. The second-order valence-corrected chi connectivity index (χ2v) is 5.15. The summed E-state index contributed by atoms with van der Waals surface area (Å²) in [6, 6.07) is 13.4. The molecule has 3 aromatic rings. The van der Waals surface area contributed by atoms with Crippen LogP contribution in [0, 0.1) is 6.92 Å². The van der Waals surface area contributed by atoms with Gasteiger partial charge in [0, 0.05) is 18.8 Å². The fourth-order valence-electron chi connectivity index (χ4n) is 2.60. The van der Waals surface area contributed by atoms with Gasteiger partial charge in [0.15, 0.2) is 0 Å². The smallest absolute Gasteiger partial charge is 0.311 e. The molecular formula is C17H16N2O2. The largest absolute Gasteiger partial charge is 0.481 e. The van der Waals surface area contributed by atoms with Crippen molar-refractivity contribution in [3.8, 4) is 0 Å². The maximum absolute atomic E-state index is 11.6. The Kier molecular flexibility index (Phi) is 3.44. The molecule has 4 nitrogen and oxygen atoms in total. The number of nitrogens with zero attached hydrogens (tertiary/aromatic N) is 2. The molecule has 0 bridgehead atoms. The first-order valence-electron chi connectivity index (χ1n) is 6.86. The SMILES string of the molecule is Cc1ccccc1C(Cc1cn2ccccc2n1)C(=O)O. The number of fused-ring (bicyclic) bond motifs is 1. The van der Waals surface area contributed by atoms with Gasteiger partial charge in [0.25, 0.3) is 0 Å². The molecule has 2 aromatic heterocycles. The highest BCUT2D eigenvalue weighted by atomic mass is 16.4. The average molecular weight is 280 g/mol. The van der Waals surface area contributed by atoms with Gasteiger partial charge in [-0.15, -0.1) is 0 Å². The summed E-state index contributed by atoms with van der Waals surface area (Å²) in [5, 5.41) is 9.55. The number of aryl methyl sites for hydroxylation is 1. The van der Waals surface area contributed by atoms with Crippen LogP contribution in [0.5, 0.6) is 0 Å². The van der Waals surface area contributed by atoms with Gasteiger partial charge in [-0.3, -0.25) is 4.79 Å². The number of hydrogen-bond donors (Lipinski definition) is 1. The summed E-state index contributed by atoms with van der Waals surface area (Å²) in [6.07, 6.45) is 4.20. The van der Waals surface area contributed by atoms with Gasteiger partial charge in [-0.2, -0.15) is 0 Å². The average Bonchev–Trinajstić information content (AvgIpc) is 2.88. The predicted octanol–water partition coefficient (Wildman–Crippen LogP) is 3.05. The van der Waals surface area contributed by atoms with Crippen molar-refractivity contribution in [1.82, 2.24) is 9.38 Å². The van der Waals surface area contributed by atoms with E-state index >= 15 is 0 Å². The second kappa shape index (κ2) is 5.40. The monoisotopic (exact) mass is 280 g/mol. The van der Waals surface area contributed by atoms with E-state index in [2.05, 4.69) is 4.98 Å². The zero-order chi connectivity index (χ0) is 14.8. The molecule has 1 unspecified atom stereocenters. The van der Waals surface area contributed by atoms with Crippen LogP contribution in [0.25, 0.3) is 5.65 Å². The molecule has 1 N–H and O–H groups in total. The lowest BCUT2D eigenvalue weighted by Gasteiger charge is -2.13. The summed E-state index contributed by atoms with van der Waals surface area (Å²) in [4.78, 5) is 16.1. The van der Waals surface area contributed by atoms with Crippen LogP contribution in [-0.4, -0.2) is 20.5 Å². The fraction of sp³-hybridized carbons (Fsp3) is 0.176. The third-order valence-electron chi connectivity index (χ3n) is 3.69. The maximum atomic E-state index is 11.6. The van der Waals surface area contributed by atoms with Gasteiger partial charge in [0.1, 0.15) is 5.65 Å². The highest BCUT2D eigenvalue weighted by Crippen LogP contribution is 2.24. The first-order chi connectivity index (χ1) is 10.1. The van der Waals surface area contributed by atoms with E-state index < -0.39 is 11.9 Å². The first kappa shape index (κ1) is 13.4. The number of benzene rings is 1. The Hall–Kier alpha value is -2.62. The Balaban J connectivity index is 1.96. The first-order valence-corrected chi connectivity index (χ1v) is 6.86. The van der Waals surface area contributed by atoms with Gasteiger partial charge in [-0.05, 0) is 30.2 Å². The quantitative estimate of drug-likeness (QED) is 0.799. The number of aliphatic carboxylic acids is 1.